The first kappa shape index (κ1) is 16.7. The second-order valence-corrected chi connectivity index (χ2v) is 5.29. The van der Waals surface area contributed by atoms with Crippen LogP contribution in [0.5, 0.6) is 0 Å². The van der Waals surface area contributed by atoms with Crippen LogP contribution in [0.3, 0.4) is 0 Å². The van der Waals surface area contributed by atoms with E-state index in [1.54, 1.807) is 37.3 Å². The van der Waals surface area contributed by atoms with Crippen LogP contribution in [0.2, 0.25) is 0 Å². The summed E-state index contributed by atoms with van der Waals surface area (Å²) in [5.74, 6) is -0.986. The number of benzene rings is 2. The molecule has 23 heavy (non-hydrogen) atoms. The molecule has 1 unspecified atom stereocenters. The zero-order valence-corrected chi connectivity index (χ0v) is 13.0. The highest BCUT2D eigenvalue weighted by molar-refractivity contribution is 6.09. The van der Waals surface area contributed by atoms with Gasteiger partial charge in [0.15, 0.2) is 5.78 Å². The topological polar surface area (TPSA) is 92.4 Å². The summed E-state index contributed by atoms with van der Waals surface area (Å²) in [6, 6.07) is 13.4. The number of nitrogens with one attached hydrogen (secondary N) is 1. The molecule has 0 saturated heterocycles. The second-order valence-electron chi connectivity index (χ2n) is 5.29. The fourth-order valence-electron chi connectivity index (χ4n) is 2.30. The molecule has 2 rings (SSSR count). The van der Waals surface area contributed by atoms with Crippen LogP contribution in [0.4, 0.5) is 5.69 Å². The van der Waals surface area contributed by atoms with Crippen LogP contribution in [-0.2, 0) is 11.3 Å². The maximum absolute atomic E-state index is 12.5. The van der Waals surface area contributed by atoms with E-state index in [4.69, 9.17) is 10.8 Å². The van der Waals surface area contributed by atoms with Crippen LogP contribution >= 0.6 is 0 Å². The van der Waals surface area contributed by atoms with Crippen molar-refractivity contribution in [2.24, 2.45) is 0 Å². The fraction of sp³-hybridized carbons (Fsp3) is 0.222. The van der Waals surface area contributed by atoms with E-state index in [-0.39, 0.29) is 5.78 Å². The van der Waals surface area contributed by atoms with Crippen LogP contribution in [0.25, 0.3) is 0 Å². The number of carbonyl (C=O) groups is 2. The Balaban J connectivity index is 2.19. The molecule has 0 amide bonds. The van der Waals surface area contributed by atoms with Crippen molar-refractivity contribution in [3.63, 3.8) is 0 Å². The van der Waals surface area contributed by atoms with E-state index in [9.17, 15) is 9.59 Å². The predicted octanol–water partition coefficient (Wildman–Crippen LogP) is 2.45. The molecule has 2 aromatic rings. The van der Waals surface area contributed by atoms with Gasteiger partial charge in [-0.25, -0.2) is 0 Å². The third-order valence-electron chi connectivity index (χ3n) is 3.69. The molecule has 0 heterocycles. The monoisotopic (exact) mass is 312 g/mol. The molecule has 0 radical (unpaired) electrons. The molecule has 4 N–H and O–H groups in total. The predicted molar refractivity (Wildman–Crippen MR) is 89.3 cm³/mol. The highest BCUT2D eigenvalue weighted by Gasteiger charge is 2.15. The molecule has 2 aromatic carbocycles. The molecule has 0 aliphatic rings. The zero-order valence-electron chi connectivity index (χ0n) is 13.0. The van der Waals surface area contributed by atoms with E-state index in [2.05, 4.69) is 5.32 Å². The number of aliphatic carboxylic acids is 1. The van der Waals surface area contributed by atoms with Crippen LogP contribution < -0.4 is 11.1 Å². The van der Waals surface area contributed by atoms with Crippen molar-refractivity contribution in [2.45, 2.75) is 25.9 Å². The second kappa shape index (κ2) is 7.56. The van der Waals surface area contributed by atoms with Crippen molar-refractivity contribution < 1.29 is 14.7 Å². The molecule has 1 atom stereocenters. The average Bonchev–Trinajstić information content (AvgIpc) is 2.56. The zero-order chi connectivity index (χ0) is 16.8. The minimum atomic E-state index is -0.900. The van der Waals surface area contributed by atoms with Gasteiger partial charge < -0.3 is 16.2 Å². The highest BCUT2D eigenvalue weighted by atomic mass is 16.4. The molecule has 5 heteroatoms. The van der Waals surface area contributed by atoms with Gasteiger partial charge >= 0.3 is 5.97 Å². The van der Waals surface area contributed by atoms with Crippen molar-refractivity contribution in [3.05, 3.63) is 65.2 Å². The SMILES string of the molecule is CCC(NCc1cc(C(=O)c2ccccc2)ccc1N)C(=O)O. The smallest absolute Gasteiger partial charge is 0.320 e. The third kappa shape index (κ3) is 4.17. The number of rotatable bonds is 7. The standard InChI is InChI=1S/C18H20N2O3/c1-2-16(18(22)23)20-11-14-10-13(8-9-15(14)19)17(21)12-6-4-3-5-7-12/h3-10,16,20H,2,11,19H2,1H3,(H,22,23). The van der Waals surface area contributed by atoms with Crippen LogP contribution in [0.15, 0.2) is 48.5 Å². The summed E-state index contributed by atoms with van der Waals surface area (Å²) in [4.78, 5) is 23.5. The summed E-state index contributed by atoms with van der Waals surface area (Å²) >= 11 is 0. The number of hydrogen-bond donors (Lipinski definition) is 3. The molecule has 0 fully saturated rings. The van der Waals surface area contributed by atoms with E-state index in [1.807, 2.05) is 18.2 Å². The summed E-state index contributed by atoms with van der Waals surface area (Å²) < 4.78 is 0. The Morgan fingerprint density at radius 1 is 1.13 bits per heavy atom. The van der Waals surface area contributed by atoms with Crippen LogP contribution in [-0.4, -0.2) is 22.9 Å². The lowest BCUT2D eigenvalue weighted by Crippen LogP contribution is -2.35. The Morgan fingerprint density at radius 3 is 2.43 bits per heavy atom. The Hall–Kier alpha value is -2.66. The van der Waals surface area contributed by atoms with Gasteiger partial charge in [-0.2, -0.15) is 0 Å². The van der Waals surface area contributed by atoms with Crippen molar-refractivity contribution >= 4 is 17.4 Å². The maximum Gasteiger partial charge on any atom is 0.320 e. The lowest BCUT2D eigenvalue weighted by molar-refractivity contribution is -0.139. The van der Waals surface area contributed by atoms with E-state index in [0.29, 0.717) is 35.3 Å². The number of nitrogen functional groups attached to an aromatic ring is 1. The van der Waals surface area contributed by atoms with Gasteiger partial charge in [0.25, 0.3) is 0 Å². The molecular formula is C18H20N2O3. The molecular weight excluding hydrogens is 292 g/mol. The van der Waals surface area contributed by atoms with Gasteiger partial charge in [-0.15, -0.1) is 0 Å². The number of nitrogens with two attached hydrogens (primary N) is 1. The van der Waals surface area contributed by atoms with Crippen LogP contribution in [0.1, 0.15) is 34.8 Å². The van der Waals surface area contributed by atoms with Crippen molar-refractivity contribution in [1.29, 1.82) is 0 Å². The number of carboxylic acids is 1. The van der Waals surface area contributed by atoms with Gasteiger partial charge in [-0.1, -0.05) is 37.3 Å². The largest absolute Gasteiger partial charge is 0.480 e. The fourth-order valence-corrected chi connectivity index (χ4v) is 2.30. The molecule has 120 valence electrons. The Morgan fingerprint density at radius 2 is 1.83 bits per heavy atom. The number of hydrogen-bond acceptors (Lipinski definition) is 4. The minimum absolute atomic E-state index is 0.0860. The minimum Gasteiger partial charge on any atom is -0.480 e. The first-order chi connectivity index (χ1) is 11.0. The van der Waals surface area contributed by atoms with Gasteiger partial charge in [-0.3, -0.25) is 9.59 Å². The Bertz CT molecular complexity index is 699. The summed E-state index contributed by atoms with van der Waals surface area (Å²) in [6.07, 6.45) is 0.470. The van der Waals surface area contributed by atoms with E-state index >= 15 is 0 Å². The summed E-state index contributed by atoms with van der Waals surface area (Å²) in [7, 11) is 0. The Kier molecular flexibility index (Phi) is 5.49. The van der Waals surface area contributed by atoms with Crippen molar-refractivity contribution in [3.8, 4) is 0 Å². The molecule has 0 spiro atoms. The van der Waals surface area contributed by atoms with Crippen molar-refractivity contribution in [1.82, 2.24) is 5.32 Å². The normalized spacial score (nSPS) is 11.9. The lowest BCUT2D eigenvalue weighted by Gasteiger charge is -2.14. The highest BCUT2D eigenvalue weighted by Crippen LogP contribution is 2.17. The van der Waals surface area contributed by atoms with Gasteiger partial charge in [0.2, 0.25) is 0 Å². The summed E-state index contributed by atoms with van der Waals surface area (Å²) in [5.41, 5.74) is 8.32. The molecule has 0 saturated carbocycles. The van der Waals surface area contributed by atoms with Gasteiger partial charge in [-0.05, 0) is 30.2 Å². The molecule has 5 nitrogen and oxygen atoms in total. The number of carboxylic acid groups (broad SMARTS) is 1. The quantitative estimate of drug-likeness (QED) is 0.539. The van der Waals surface area contributed by atoms with Gasteiger partial charge in [0.1, 0.15) is 6.04 Å². The Labute approximate surface area is 135 Å². The van der Waals surface area contributed by atoms with E-state index in [1.165, 1.54) is 0 Å². The molecule has 0 bridgehead atoms. The first-order valence-electron chi connectivity index (χ1n) is 7.47. The number of carbonyl (C=O) groups excluding carboxylic acids is 1. The van der Waals surface area contributed by atoms with Gasteiger partial charge in [0.05, 0.1) is 0 Å². The molecule has 0 aliphatic heterocycles. The van der Waals surface area contributed by atoms with E-state index < -0.39 is 12.0 Å². The first-order valence-corrected chi connectivity index (χ1v) is 7.47. The van der Waals surface area contributed by atoms with Crippen molar-refractivity contribution in [2.75, 3.05) is 5.73 Å². The summed E-state index contributed by atoms with van der Waals surface area (Å²) in [6.45, 7) is 2.09. The number of anilines is 1. The maximum atomic E-state index is 12.5. The van der Waals surface area contributed by atoms with E-state index in [0.717, 1.165) is 0 Å². The average molecular weight is 312 g/mol. The van der Waals surface area contributed by atoms with Gasteiger partial charge in [0, 0.05) is 23.4 Å². The lowest BCUT2D eigenvalue weighted by atomic mass is 10.00. The number of ketones is 1. The molecule has 0 aliphatic carbocycles. The summed E-state index contributed by atoms with van der Waals surface area (Å²) in [5, 5.41) is 12.0. The third-order valence-corrected chi connectivity index (χ3v) is 3.69. The molecule has 0 aromatic heterocycles. The van der Waals surface area contributed by atoms with Crippen LogP contribution in [0, 0.1) is 0 Å².